The van der Waals surface area contributed by atoms with Gasteiger partial charge >= 0.3 is 0 Å². The monoisotopic (exact) mass is 188 g/mol. The van der Waals surface area contributed by atoms with Gasteiger partial charge in [-0.15, -0.1) is 0 Å². The summed E-state index contributed by atoms with van der Waals surface area (Å²) >= 11 is 0. The Balaban J connectivity index is 2.39. The largest absolute Gasteiger partial charge is 0.366 e. The number of rotatable bonds is 2. The van der Waals surface area contributed by atoms with Crippen molar-refractivity contribution in [1.29, 1.82) is 0 Å². The molecule has 5 nitrogen and oxygen atoms in total. The minimum atomic E-state index is -0.493. The van der Waals surface area contributed by atoms with E-state index in [0.717, 1.165) is 0 Å². The summed E-state index contributed by atoms with van der Waals surface area (Å²) in [5, 5.41) is 3.96. The van der Waals surface area contributed by atoms with Crippen LogP contribution in [0, 0.1) is 0 Å². The molecular weight excluding hydrogens is 180 g/mol. The van der Waals surface area contributed by atoms with Gasteiger partial charge in [0.2, 0.25) is 0 Å². The average molecular weight is 188 g/mol. The molecule has 5 heteroatoms. The molecule has 1 amide bonds. The SMILES string of the molecule is NC(=O)c1cnn(-c2ccccn2)c1. The second-order valence-corrected chi connectivity index (χ2v) is 2.73. The van der Waals surface area contributed by atoms with Crippen molar-refractivity contribution in [2.45, 2.75) is 0 Å². The lowest BCUT2D eigenvalue weighted by molar-refractivity contribution is 0.100. The fraction of sp³-hybridized carbons (Fsp3) is 0. The molecule has 0 saturated heterocycles. The van der Waals surface area contributed by atoms with Crippen LogP contribution in [0.25, 0.3) is 5.82 Å². The van der Waals surface area contributed by atoms with E-state index in [1.807, 2.05) is 12.1 Å². The summed E-state index contributed by atoms with van der Waals surface area (Å²) in [5.41, 5.74) is 5.46. The van der Waals surface area contributed by atoms with Crippen molar-refractivity contribution in [3.63, 3.8) is 0 Å². The predicted molar refractivity (Wildman–Crippen MR) is 49.9 cm³/mol. The number of nitrogens with two attached hydrogens (primary N) is 1. The Morgan fingerprint density at radius 1 is 1.43 bits per heavy atom. The molecule has 0 spiro atoms. The molecule has 0 atom stereocenters. The third-order valence-electron chi connectivity index (χ3n) is 1.75. The Kier molecular flexibility index (Phi) is 1.98. The number of pyridine rings is 1. The molecule has 2 aromatic heterocycles. The van der Waals surface area contributed by atoms with E-state index in [1.54, 1.807) is 18.5 Å². The van der Waals surface area contributed by atoms with E-state index in [2.05, 4.69) is 10.1 Å². The first-order valence-electron chi connectivity index (χ1n) is 4.03. The van der Waals surface area contributed by atoms with Gasteiger partial charge in [-0.1, -0.05) is 6.07 Å². The van der Waals surface area contributed by atoms with E-state index in [4.69, 9.17) is 5.73 Å². The molecule has 2 heterocycles. The number of carbonyl (C=O) groups excluding carboxylic acids is 1. The Hall–Kier alpha value is -2.17. The Bertz CT molecular complexity index is 449. The third-order valence-corrected chi connectivity index (χ3v) is 1.75. The van der Waals surface area contributed by atoms with Crippen LogP contribution in [-0.2, 0) is 0 Å². The van der Waals surface area contributed by atoms with Crippen LogP contribution in [0.4, 0.5) is 0 Å². The van der Waals surface area contributed by atoms with Crippen LogP contribution in [0.5, 0.6) is 0 Å². The minimum Gasteiger partial charge on any atom is -0.366 e. The molecule has 0 unspecified atom stereocenters. The highest BCUT2D eigenvalue weighted by Crippen LogP contribution is 2.03. The van der Waals surface area contributed by atoms with Crippen molar-refractivity contribution < 1.29 is 4.79 Å². The quantitative estimate of drug-likeness (QED) is 0.739. The number of primary amides is 1. The number of hydrogen-bond acceptors (Lipinski definition) is 3. The van der Waals surface area contributed by atoms with Gasteiger partial charge in [-0.05, 0) is 12.1 Å². The molecule has 0 bridgehead atoms. The van der Waals surface area contributed by atoms with E-state index in [0.29, 0.717) is 11.4 Å². The molecule has 2 aromatic rings. The third kappa shape index (κ3) is 1.47. The number of aromatic nitrogens is 3. The summed E-state index contributed by atoms with van der Waals surface area (Å²) in [6.45, 7) is 0. The second kappa shape index (κ2) is 3.29. The topological polar surface area (TPSA) is 73.8 Å². The van der Waals surface area contributed by atoms with Crippen molar-refractivity contribution in [2.75, 3.05) is 0 Å². The van der Waals surface area contributed by atoms with Crippen molar-refractivity contribution >= 4 is 5.91 Å². The zero-order valence-corrected chi connectivity index (χ0v) is 7.29. The van der Waals surface area contributed by atoms with E-state index in [9.17, 15) is 4.79 Å². The summed E-state index contributed by atoms with van der Waals surface area (Å²) in [6.07, 6.45) is 4.61. The Morgan fingerprint density at radius 3 is 2.86 bits per heavy atom. The van der Waals surface area contributed by atoms with E-state index >= 15 is 0 Å². The van der Waals surface area contributed by atoms with E-state index in [-0.39, 0.29) is 0 Å². The molecule has 2 rings (SSSR count). The molecule has 2 N–H and O–H groups in total. The van der Waals surface area contributed by atoms with Gasteiger partial charge in [-0.25, -0.2) is 9.67 Å². The van der Waals surface area contributed by atoms with Crippen molar-refractivity contribution in [3.8, 4) is 5.82 Å². The van der Waals surface area contributed by atoms with Crippen LogP contribution in [0.15, 0.2) is 36.8 Å². The van der Waals surface area contributed by atoms with Gasteiger partial charge in [0.05, 0.1) is 11.8 Å². The first-order valence-corrected chi connectivity index (χ1v) is 4.03. The number of hydrogen-bond donors (Lipinski definition) is 1. The van der Waals surface area contributed by atoms with Crippen LogP contribution in [0.1, 0.15) is 10.4 Å². The smallest absolute Gasteiger partial charge is 0.251 e. The van der Waals surface area contributed by atoms with Crippen LogP contribution < -0.4 is 5.73 Å². The summed E-state index contributed by atoms with van der Waals surface area (Å²) in [5.74, 6) is 0.159. The fourth-order valence-corrected chi connectivity index (χ4v) is 1.06. The molecule has 0 saturated carbocycles. The summed E-state index contributed by atoms with van der Waals surface area (Å²) in [7, 11) is 0. The molecular formula is C9H8N4O. The molecule has 0 aliphatic heterocycles. The highest BCUT2D eigenvalue weighted by Gasteiger charge is 2.04. The van der Waals surface area contributed by atoms with Gasteiger partial charge in [-0.3, -0.25) is 4.79 Å². The van der Waals surface area contributed by atoms with E-state index < -0.39 is 5.91 Å². The second-order valence-electron chi connectivity index (χ2n) is 2.73. The van der Waals surface area contributed by atoms with Gasteiger partial charge in [-0.2, -0.15) is 5.10 Å². The number of carbonyl (C=O) groups is 1. The standard InChI is InChI=1S/C9H8N4O/c10-9(14)7-5-12-13(6-7)8-3-1-2-4-11-8/h1-6H,(H2,10,14). The van der Waals surface area contributed by atoms with E-state index in [1.165, 1.54) is 10.9 Å². The van der Waals surface area contributed by atoms with Crippen LogP contribution in [0.3, 0.4) is 0 Å². The first-order chi connectivity index (χ1) is 6.77. The lowest BCUT2D eigenvalue weighted by Gasteiger charge is -1.96. The minimum absolute atomic E-state index is 0.371. The van der Waals surface area contributed by atoms with Crippen LogP contribution in [0.2, 0.25) is 0 Å². The molecule has 0 aliphatic carbocycles. The molecule has 0 radical (unpaired) electrons. The maximum Gasteiger partial charge on any atom is 0.251 e. The number of amides is 1. The van der Waals surface area contributed by atoms with Gasteiger partial charge in [0.15, 0.2) is 5.82 Å². The Morgan fingerprint density at radius 2 is 2.29 bits per heavy atom. The lowest BCUT2D eigenvalue weighted by Crippen LogP contribution is -2.09. The molecule has 0 aliphatic rings. The lowest BCUT2D eigenvalue weighted by atomic mass is 10.3. The highest BCUT2D eigenvalue weighted by molar-refractivity contribution is 5.92. The van der Waals surface area contributed by atoms with Gasteiger partial charge in [0.1, 0.15) is 0 Å². The molecule has 14 heavy (non-hydrogen) atoms. The predicted octanol–water partition coefficient (Wildman–Crippen LogP) is 0.366. The van der Waals surface area contributed by atoms with Crippen LogP contribution >= 0.6 is 0 Å². The maximum absolute atomic E-state index is 10.8. The van der Waals surface area contributed by atoms with Crippen molar-refractivity contribution in [2.24, 2.45) is 5.73 Å². The van der Waals surface area contributed by atoms with Gasteiger partial charge < -0.3 is 5.73 Å². The maximum atomic E-state index is 10.8. The van der Waals surface area contributed by atoms with Gasteiger partial charge in [0.25, 0.3) is 5.91 Å². The fourth-order valence-electron chi connectivity index (χ4n) is 1.06. The first kappa shape index (κ1) is 8.43. The molecule has 0 aromatic carbocycles. The Labute approximate surface area is 80.2 Å². The summed E-state index contributed by atoms with van der Waals surface area (Å²) in [6, 6.07) is 5.44. The summed E-state index contributed by atoms with van der Waals surface area (Å²) < 4.78 is 1.50. The number of nitrogens with zero attached hydrogens (tertiary/aromatic N) is 3. The normalized spacial score (nSPS) is 10.0. The van der Waals surface area contributed by atoms with Gasteiger partial charge in [0, 0.05) is 12.4 Å². The van der Waals surface area contributed by atoms with Crippen LogP contribution in [-0.4, -0.2) is 20.7 Å². The van der Waals surface area contributed by atoms with Crippen molar-refractivity contribution in [1.82, 2.24) is 14.8 Å². The summed E-state index contributed by atoms with van der Waals surface area (Å²) in [4.78, 5) is 14.9. The average Bonchev–Trinajstić information content (AvgIpc) is 2.68. The highest BCUT2D eigenvalue weighted by atomic mass is 16.1. The van der Waals surface area contributed by atoms with Crippen molar-refractivity contribution in [3.05, 3.63) is 42.4 Å². The molecule has 0 fully saturated rings. The molecule has 70 valence electrons. The zero-order valence-electron chi connectivity index (χ0n) is 7.29. The zero-order chi connectivity index (χ0) is 9.97.